The number of fused-ring (bicyclic) bond motifs is 5. The molecular formula is C53H53NS. The van der Waals surface area contributed by atoms with Gasteiger partial charge in [-0.1, -0.05) is 172 Å². The summed E-state index contributed by atoms with van der Waals surface area (Å²) in [6.07, 6.45) is 0. The number of benzene rings is 7. The number of hydrogen-bond donors (Lipinski definition) is 0. The molecule has 0 N–H and O–H groups in total. The highest BCUT2D eigenvalue weighted by molar-refractivity contribution is 8.34. The van der Waals surface area contributed by atoms with Crippen LogP contribution in [0.4, 0.5) is 0 Å². The molecule has 0 saturated carbocycles. The monoisotopic (exact) mass is 735 g/mol. The van der Waals surface area contributed by atoms with Crippen LogP contribution in [0.3, 0.4) is 0 Å². The Hall–Kier alpha value is -5.18. The van der Waals surface area contributed by atoms with Crippen LogP contribution in [0.5, 0.6) is 0 Å². The van der Waals surface area contributed by atoms with E-state index >= 15 is 0 Å². The van der Waals surface area contributed by atoms with Gasteiger partial charge in [-0.15, -0.1) is 10.0 Å². The van der Waals surface area contributed by atoms with Crippen molar-refractivity contribution < 1.29 is 0 Å². The summed E-state index contributed by atoms with van der Waals surface area (Å²) in [5, 5.41) is 6.15. The molecule has 8 rings (SSSR count). The summed E-state index contributed by atoms with van der Waals surface area (Å²) in [5.74, 6) is 0. The Morgan fingerprint density at radius 3 is 1.24 bits per heavy atom. The van der Waals surface area contributed by atoms with Gasteiger partial charge >= 0.3 is 0 Å². The van der Waals surface area contributed by atoms with E-state index in [0.29, 0.717) is 0 Å². The highest BCUT2D eigenvalue weighted by atomic mass is 32.3. The third-order valence-electron chi connectivity index (χ3n) is 11.3. The van der Waals surface area contributed by atoms with Crippen molar-refractivity contribution in [3.05, 3.63) is 174 Å². The molecule has 1 nitrogen and oxygen atoms in total. The van der Waals surface area contributed by atoms with Crippen LogP contribution >= 0.6 is 10.0 Å². The molecule has 0 aliphatic carbocycles. The molecule has 0 spiro atoms. The first-order chi connectivity index (χ1) is 26.2. The van der Waals surface area contributed by atoms with Crippen LogP contribution in [-0.2, 0) is 16.2 Å². The number of hydrogen-bond acceptors (Lipinski definition) is 1. The van der Waals surface area contributed by atoms with Crippen molar-refractivity contribution in [1.82, 2.24) is 4.98 Å². The second-order valence-corrected chi connectivity index (χ2v) is 21.2. The summed E-state index contributed by atoms with van der Waals surface area (Å²) in [4.78, 5) is 10.8. The number of para-hydroxylation sites is 1. The van der Waals surface area contributed by atoms with Crippen molar-refractivity contribution in [1.29, 1.82) is 0 Å². The Balaban J connectivity index is 1.59. The molecule has 0 aliphatic rings. The summed E-state index contributed by atoms with van der Waals surface area (Å²) in [6.45, 7) is 20.7. The van der Waals surface area contributed by atoms with Gasteiger partial charge in [0.25, 0.3) is 0 Å². The highest BCUT2D eigenvalue weighted by Crippen LogP contribution is 2.75. The zero-order chi connectivity index (χ0) is 38.8. The molecule has 7 aromatic carbocycles. The normalized spacial score (nSPS) is 13.1. The largest absolute Gasteiger partial charge is 0.247 e. The second kappa shape index (κ2) is 13.5. The SMILES string of the molecule is CC(C)(C)c1ccc(S(c2ccc(C(C)(C)C)cc2)(c2ccc(C(C)(C)C)cc2)c2cc3c(-c4ccccc4)nc4ccccc4c3c3ccccc23)cc1. The second-order valence-electron chi connectivity index (χ2n) is 18.1. The third-order valence-corrected chi connectivity index (χ3v) is 15.2. The predicted molar refractivity (Wildman–Crippen MR) is 238 cm³/mol. The van der Waals surface area contributed by atoms with Gasteiger partial charge in [-0.25, -0.2) is 4.98 Å². The zero-order valence-electron chi connectivity index (χ0n) is 33.9. The first kappa shape index (κ1) is 36.8. The smallest absolute Gasteiger partial charge is 0.0788 e. The lowest BCUT2D eigenvalue weighted by molar-refractivity contribution is 0.589. The van der Waals surface area contributed by atoms with Crippen LogP contribution in [0.2, 0.25) is 0 Å². The van der Waals surface area contributed by atoms with Crippen molar-refractivity contribution in [2.24, 2.45) is 0 Å². The maximum absolute atomic E-state index is 5.45. The summed E-state index contributed by atoms with van der Waals surface area (Å²) >= 11 is 0. The zero-order valence-corrected chi connectivity index (χ0v) is 34.7. The molecule has 1 heterocycles. The van der Waals surface area contributed by atoms with Crippen LogP contribution in [0.25, 0.3) is 43.7 Å². The van der Waals surface area contributed by atoms with E-state index in [9.17, 15) is 0 Å². The van der Waals surface area contributed by atoms with E-state index in [4.69, 9.17) is 4.98 Å². The van der Waals surface area contributed by atoms with Gasteiger partial charge in [-0.05, 0) is 92.2 Å². The lowest BCUT2D eigenvalue weighted by Crippen LogP contribution is -2.13. The van der Waals surface area contributed by atoms with Crippen LogP contribution < -0.4 is 0 Å². The average molecular weight is 736 g/mol. The molecule has 0 radical (unpaired) electrons. The molecule has 0 bridgehead atoms. The van der Waals surface area contributed by atoms with E-state index in [0.717, 1.165) is 16.8 Å². The quantitative estimate of drug-likeness (QED) is 0.160. The minimum absolute atomic E-state index is 0.0339. The van der Waals surface area contributed by atoms with Crippen LogP contribution in [0.1, 0.15) is 79.0 Å². The minimum atomic E-state index is -2.10. The maximum atomic E-state index is 5.45. The Labute approximate surface area is 329 Å². The lowest BCUT2D eigenvalue weighted by Gasteiger charge is -2.43. The molecule has 0 unspecified atom stereocenters. The summed E-state index contributed by atoms with van der Waals surface area (Å²) in [7, 11) is -2.10. The van der Waals surface area contributed by atoms with Crippen molar-refractivity contribution in [2.45, 2.75) is 98.1 Å². The highest BCUT2D eigenvalue weighted by Gasteiger charge is 2.37. The standard InChI is InChI=1S/C53H53NS/c1-51(2,3)37-23-29-40(30-24-37)55(41-31-25-38(26-32-41)52(4,5)6,42-33-27-39(28-34-42)53(7,8)9)48-35-46-49(44-20-14-13-19-43(44)48)45-21-15-16-22-47(45)54-50(46)36-17-11-10-12-18-36/h10-35H,1-9H3. The number of aromatic nitrogens is 1. The fraction of sp³-hybridized carbons (Fsp3) is 0.226. The van der Waals surface area contributed by atoms with E-state index in [2.05, 4.69) is 220 Å². The molecule has 276 valence electrons. The fourth-order valence-corrected chi connectivity index (χ4v) is 12.1. The summed E-state index contributed by atoms with van der Waals surface area (Å²) in [5.41, 5.74) is 7.26. The van der Waals surface area contributed by atoms with Gasteiger partial charge in [-0.2, -0.15) is 0 Å². The van der Waals surface area contributed by atoms with Gasteiger partial charge in [0.1, 0.15) is 0 Å². The van der Waals surface area contributed by atoms with Crippen molar-refractivity contribution in [3.8, 4) is 11.3 Å². The molecule has 0 aliphatic heterocycles. The molecule has 55 heavy (non-hydrogen) atoms. The molecule has 2 heteroatoms. The van der Waals surface area contributed by atoms with E-state index in [1.807, 2.05) is 0 Å². The summed E-state index contributed by atoms with van der Waals surface area (Å²) < 4.78 is 0. The number of rotatable bonds is 5. The Bertz CT molecular complexity index is 2510. The Kier molecular flexibility index (Phi) is 9.05. The van der Waals surface area contributed by atoms with Gasteiger partial charge < -0.3 is 0 Å². The van der Waals surface area contributed by atoms with E-state index < -0.39 is 10.0 Å². The van der Waals surface area contributed by atoms with Crippen LogP contribution in [0, 0.1) is 0 Å². The van der Waals surface area contributed by atoms with Gasteiger partial charge in [-0.3, -0.25) is 0 Å². The molecule has 1 aromatic heterocycles. The molecule has 8 aromatic rings. The van der Waals surface area contributed by atoms with Crippen LogP contribution in [0.15, 0.2) is 177 Å². The molecule has 0 atom stereocenters. The lowest BCUT2D eigenvalue weighted by atomic mass is 9.87. The average Bonchev–Trinajstić information content (AvgIpc) is 3.17. The third kappa shape index (κ3) is 6.45. The van der Waals surface area contributed by atoms with Gasteiger partial charge in [0.05, 0.1) is 11.2 Å². The van der Waals surface area contributed by atoms with Gasteiger partial charge in [0.15, 0.2) is 0 Å². The molecule has 0 amide bonds. The first-order valence-corrected chi connectivity index (χ1v) is 21.3. The van der Waals surface area contributed by atoms with Crippen molar-refractivity contribution in [3.63, 3.8) is 0 Å². The van der Waals surface area contributed by atoms with E-state index in [-0.39, 0.29) is 16.2 Å². The van der Waals surface area contributed by atoms with Crippen molar-refractivity contribution in [2.75, 3.05) is 0 Å². The number of pyridine rings is 1. The fourth-order valence-electron chi connectivity index (χ4n) is 8.12. The Morgan fingerprint density at radius 2 is 0.782 bits per heavy atom. The van der Waals surface area contributed by atoms with Gasteiger partial charge in [0.2, 0.25) is 0 Å². The van der Waals surface area contributed by atoms with Gasteiger partial charge in [0, 0.05) is 41.3 Å². The topological polar surface area (TPSA) is 12.9 Å². The van der Waals surface area contributed by atoms with E-state index in [1.165, 1.54) is 63.2 Å². The van der Waals surface area contributed by atoms with Crippen LogP contribution in [-0.4, -0.2) is 4.98 Å². The molecule has 0 fully saturated rings. The molecular weight excluding hydrogens is 683 g/mol. The Morgan fingerprint density at radius 1 is 0.382 bits per heavy atom. The van der Waals surface area contributed by atoms with Crippen molar-refractivity contribution >= 4 is 42.5 Å². The summed E-state index contributed by atoms with van der Waals surface area (Å²) in [6, 6.07) is 59.9. The molecule has 0 saturated heterocycles. The predicted octanol–water partition coefficient (Wildman–Crippen LogP) is 15.4. The van der Waals surface area contributed by atoms with E-state index in [1.54, 1.807) is 0 Å². The minimum Gasteiger partial charge on any atom is -0.247 e. The first-order valence-electron chi connectivity index (χ1n) is 19.6. The number of nitrogens with zero attached hydrogens (tertiary/aromatic N) is 1. The maximum Gasteiger partial charge on any atom is 0.0788 e.